The van der Waals surface area contributed by atoms with Crippen LogP contribution in [0.3, 0.4) is 0 Å². The smallest absolute Gasteiger partial charge is 1.00 e. The molecule has 2 aliphatic carbocycles. The van der Waals surface area contributed by atoms with Crippen molar-refractivity contribution in [2.24, 2.45) is 0 Å². The Hall–Kier alpha value is -0.967. The van der Waals surface area contributed by atoms with Gasteiger partial charge in [0.15, 0.2) is 0 Å². The normalized spacial score (nSPS) is 18.9. The summed E-state index contributed by atoms with van der Waals surface area (Å²) in [6, 6.07) is 29.2. The summed E-state index contributed by atoms with van der Waals surface area (Å²) in [5.74, 6) is 0. The van der Waals surface area contributed by atoms with Crippen LogP contribution >= 0.6 is 8.58 Å². The summed E-state index contributed by atoms with van der Waals surface area (Å²) in [5, 5.41) is 3.04. The number of allylic oxidation sites excluding steroid dienone is 2. The second kappa shape index (κ2) is 10.1. The third-order valence-corrected chi connectivity index (χ3v) is 12.8. The molecule has 0 fully saturated rings. The van der Waals surface area contributed by atoms with Gasteiger partial charge >= 0.3 is 182 Å². The standard InChI is InChI=1S/C16H14P.C10H9.2ClH.Zr/c1-12-11-13-7-5-6-10-15(13)16(12)17-14-8-3-2-4-9-14;1-8-6-9-4-2-3-5-10(9)7-8;;;/h2-11,17H,1H3;2-7H,1H3;2*1H;/q;;;;+2/p-2. The van der Waals surface area contributed by atoms with E-state index in [0.29, 0.717) is 7.25 Å². The van der Waals surface area contributed by atoms with Crippen LogP contribution < -0.4 is 30.1 Å². The van der Waals surface area contributed by atoms with Crippen molar-refractivity contribution in [2.45, 2.75) is 21.1 Å². The molecule has 0 bridgehead atoms. The number of benzene rings is 3. The van der Waals surface area contributed by atoms with E-state index in [0.717, 1.165) is 8.58 Å². The molecule has 0 nitrogen and oxygen atoms in total. The van der Waals surface area contributed by atoms with Crippen molar-refractivity contribution in [2.75, 3.05) is 0 Å². The Morgan fingerprint density at radius 2 is 1.33 bits per heavy atom. The van der Waals surface area contributed by atoms with E-state index in [1.54, 1.807) is 27.6 Å². The predicted molar refractivity (Wildman–Crippen MR) is 119 cm³/mol. The first-order valence-corrected chi connectivity index (χ1v) is 13.7. The van der Waals surface area contributed by atoms with Gasteiger partial charge in [-0.25, -0.2) is 0 Å². The van der Waals surface area contributed by atoms with Crippen LogP contribution in [0.5, 0.6) is 0 Å². The van der Waals surface area contributed by atoms with E-state index in [4.69, 9.17) is 0 Å². The molecule has 3 unspecified atom stereocenters. The Balaban J connectivity index is 0.00000128. The monoisotopic (exact) mass is 526 g/mol. The van der Waals surface area contributed by atoms with Crippen LogP contribution in [-0.4, -0.2) is 0 Å². The number of halogens is 2. The SMILES string of the molecule is CC1=Cc2ccccc2[CH]1[Zr+2][CH]1C(C)=C(Pc2ccccc2)c2ccccc21.[Cl-].[Cl-]. The van der Waals surface area contributed by atoms with Gasteiger partial charge in [0, 0.05) is 0 Å². The molecule has 30 heavy (non-hydrogen) atoms. The Bertz CT molecular complexity index is 1100. The summed E-state index contributed by atoms with van der Waals surface area (Å²) in [6.45, 7) is 4.76. The summed E-state index contributed by atoms with van der Waals surface area (Å²) in [5.41, 5.74) is 9.37. The zero-order valence-corrected chi connectivity index (χ0v) is 22.0. The summed E-state index contributed by atoms with van der Waals surface area (Å²) in [4.78, 5) is 0. The van der Waals surface area contributed by atoms with Crippen molar-refractivity contribution < 1.29 is 48.0 Å². The van der Waals surface area contributed by atoms with Gasteiger partial charge in [0.05, 0.1) is 0 Å². The maximum atomic E-state index is 2.42. The van der Waals surface area contributed by atoms with Crippen LogP contribution in [0.25, 0.3) is 11.4 Å². The average molecular weight is 529 g/mol. The average Bonchev–Trinajstić information content (AvgIpc) is 3.18. The summed E-state index contributed by atoms with van der Waals surface area (Å²) in [7, 11) is 0.754. The molecule has 0 spiro atoms. The van der Waals surface area contributed by atoms with Gasteiger partial charge in [0.1, 0.15) is 0 Å². The van der Waals surface area contributed by atoms with E-state index >= 15 is 0 Å². The van der Waals surface area contributed by atoms with Gasteiger partial charge in [-0.2, -0.15) is 0 Å². The van der Waals surface area contributed by atoms with Crippen molar-refractivity contribution in [1.82, 2.24) is 0 Å². The van der Waals surface area contributed by atoms with Crippen molar-refractivity contribution in [3.05, 3.63) is 112 Å². The number of hydrogen-bond acceptors (Lipinski definition) is 0. The summed E-state index contributed by atoms with van der Waals surface area (Å²) < 4.78 is 1.39. The number of hydrogen-bond donors (Lipinski definition) is 0. The van der Waals surface area contributed by atoms with Crippen molar-refractivity contribution >= 4 is 25.3 Å². The third kappa shape index (κ3) is 4.33. The van der Waals surface area contributed by atoms with Gasteiger partial charge in [-0.05, 0) is 0 Å². The molecule has 150 valence electrons. The van der Waals surface area contributed by atoms with E-state index in [2.05, 4.69) is 98.8 Å². The van der Waals surface area contributed by atoms with E-state index in [1.807, 2.05) is 0 Å². The fourth-order valence-corrected chi connectivity index (χ4v) is 11.0. The largest absolute Gasteiger partial charge is 1.00 e. The molecule has 0 amide bonds. The Morgan fingerprint density at radius 1 is 0.700 bits per heavy atom. The van der Waals surface area contributed by atoms with Gasteiger partial charge < -0.3 is 24.8 Å². The quantitative estimate of drug-likeness (QED) is 0.438. The second-order valence-corrected chi connectivity index (χ2v) is 12.7. The van der Waals surface area contributed by atoms with Crippen molar-refractivity contribution in [3.63, 3.8) is 0 Å². The molecule has 3 aromatic carbocycles. The van der Waals surface area contributed by atoms with Crippen LogP contribution in [0.15, 0.2) is 90.0 Å². The molecule has 4 heteroatoms. The van der Waals surface area contributed by atoms with Gasteiger partial charge in [-0.3, -0.25) is 0 Å². The van der Waals surface area contributed by atoms with E-state index in [9.17, 15) is 0 Å². The molecule has 0 saturated heterocycles. The Kier molecular flexibility index (Phi) is 7.98. The van der Waals surface area contributed by atoms with Crippen LogP contribution in [0.1, 0.15) is 43.4 Å². The number of rotatable bonds is 4. The number of fused-ring (bicyclic) bond motifs is 2. The van der Waals surface area contributed by atoms with Crippen LogP contribution in [-0.2, 0) is 23.2 Å². The second-order valence-electron chi connectivity index (χ2n) is 7.69. The Labute approximate surface area is 205 Å². The molecular weight excluding hydrogens is 505 g/mol. The molecule has 0 aromatic heterocycles. The first kappa shape index (κ1) is 23.7. The molecule has 0 N–H and O–H groups in total. The Morgan fingerprint density at radius 3 is 2.10 bits per heavy atom. The first-order valence-electron chi connectivity index (χ1n) is 9.87. The molecule has 0 saturated carbocycles. The molecule has 0 radical (unpaired) electrons. The zero-order chi connectivity index (χ0) is 19.1. The fraction of sp³-hybridized carbons (Fsp3) is 0.154. The van der Waals surface area contributed by atoms with Gasteiger partial charge in [0.2, 0.25) is 0 Å². The van der Waals surface area contributed by atoms with Crippen molar-refractivity contribution in [3.8, 4) is 0 Å². The van der Waals surface area contributed by atoms with Crippen LogP contribution in [0, 0.1) is 0 Å². The molecule has 0 heterocycles. The van der Waals surface area contributed by atoms with Crippen LogP contribution in [0.4, 0.5) is 0 Å². The minimum absolute atomic E-state index is 0. The minimum Gasteiger partial charge on any atom is -1.00 e. The van der Waals surface area contributed by atoms with Gasteiger partial charge in [0.25, 0.3) is 0 Å². The molecule has 3 atom stereocenters. The van der Waals surface area contributed by atoms with Crippen LogP contribution in [0.2, 0.25) is 0 Å². The van der Waals surface area contributed by atoms with Gasteiger partial charge in [-0.1, -0.05) is 0 Å². The molecule has 2 aliphatic rings. The molecule has 5 rings (SSSR count). The molecular formula is C26H23Cl2PZr. The predicted octanol–water partition coefficient (Wildman–Crippen LogP) is 0.725. The third-order valence-electron chi connectivity index (χ3n) is 5.89. The topological polar surface area (TPSA) is 0 Å². The summed E-state index contributed by atoms with van der Waals surface area (Å²) in [6.07, 6.45) is 2.42. The van der Waals surface area contributed by atoms with E-state index < -0.39 is 23.2 Å². The summed E-state index contributed by atoms with van der Waals surface area (Å²) >= 11 is -0.741. The van der Waals surface area contributed by atoms with Crippen molar-refractivity contribution in [1.29, 1.82) is 0 Å². The fourth-order valence-electron chi connectivity index (χ4n) is 4.48. The molecule has 3 aromatic rings. The van der Waals surface area contributed by atoms with E-state index in [1.165, 1.54) is 16.4 Å². The minimum atomic E-state index is -0.741. The van der Waals surface area contributed by atoms with E-state index in [-0.39, 0.29) is 24.8 Å². The first-order chi connectivity index (χ1) is 13.7. The maximum Gasteiger partial charge on any atom is -1.00 e. The maximum absolute atomic E-state index is 2.42. The van der Waals surface area contributed by atoms with Gasteiger partial charge in [-0.15, -0.1) is 0 Å². The molecule has 0 aliphatic heterocycles. The zero-order valence-electron chi connectivity index (χ0n) is 17.0.